The normalized spacial score (nSPS) is 13.0. The van der Waals surface area contributed by atoms with Gasteiger partial charge in [-0.3, -0.25) is 13.9 Å². The summed E-state index contributed by atoms with van der Waals surface area (Å²) in [4.78, 5) is 10.9. The van der Waals surface area contributed by atoms with E-state index in [-0.39, 0.29) is 105 Å². The predicted molar refractivity (Wildman–Crippen MR) is 120 cm³/mol. The van der Waals surface area contributed by atoms with Gasteiger partial charge in [-0.05, 0) is 11.8 Å². The fourth-order valence-electron chi connectivity index (χ4n) is 1.26. The first-order valence-corrected chi connectivity index (χ1v) is 14.6. The number of aliphatic hydroxyl groups is 2. The van der Waals surface area contributed by atoms with Crippen molar-refractivity contribution < 1.29 is 130 Å². The first-order valence-electron chi connectivity index (χ1n) is 9.53. The van der Waals surface area contributed by atoms with Crippen molar-refractivity contribution in [2.24, 2.45) is 17.8 Å². The van der Waals surface area contributed by atoms with Gasteiger partial charge >= 0.3 is 80.9 Å². The maximum atomic E-state index is 10.9. The molecule has 0 rings (SSSR count). The Balaban J connectivity index is -0.0000000779. The first kappa shape index (κ1) is 48.1. The molecule has 0 aliphatic heterocycles. The summed E-state index contributed by atoms with van der Waals surface area (Å²) in [5.41, 5.74) is -3.31. The Kier molecular flexibility index (Phi) is 33.7. The zero-order valence-corrected chi connectivity index (χ0v) is 29.2. The molecule has 192 valence electrons. The molecule has 0 aromatic heterocycles. The maximum Gasteiger partial charge on any atom is 1.00 e. The van der Waals surface area contributed by atoms with Crippen molar-refractivity contribution in [1.29, 1.82) is 0 Å². The molecule has 0 amide bonds. The average molecular weight is 579 g/mol. The van der Waals surface area contributed by atoms with Gasteiger partial charge in [0.15, 0.2) is 10.9 Å². The Hall–Kier alpha value is 2.00. The van der Waals surface area contributed by atoms with Gasteiger partial charge in [-0.1, -0.05) is 55.4 Å². The average Bonchev–Trinajstić information content (AvgIpc) is 2.58. The SMILES string of the molecule is CC.CC(C)C(=O)CCS(C)(=O)=O.CC(C)C(O)S(=O)(=O)O.CC(C)C(O)S(=O)(=O)O.[K+].[Na+]. The molecule has 0 aromatic rings. The number of Topliss-reactive ketones (excluding diaryl/α,β-unsaturated/α-hetero) is 1. The van der Waals surface area contributed by atoms with Crippen molar-refractivity contribution >= 4 is 35.9 Å². The Morgan fingerprint density at radius 1 is 0.727 bits per heavy atom. The van der Waals surface area contributed by atoms with Gasteiger partial charge in [0.2, 0.25) is 0 Å². The zero-order chi connectivity index (χ0) is 26.4. The molecule has 4 N–H and O–H groups in total. The minimum atomic E-state index is -4.25. The third-order valence-electron chi connectivity index (χ3n) is 3.11. The van der Waals surface area contributed by atoms with Crippen LogP contribution in [0.2, 0.25) is 0 Å². The minimum absolute atomic E-state index is 0. The smallest absolute Gasteiger partial charge is 0.375 e. The molecule has 0 heterocycles. The molecule has 11 nitrogen and oxygen atoms in total. The van der Waals surface area contributed by atoms with Crippen molar-refractivity contribution in [2.75, 3.05) is 12.0 Å². The molecule has 33 heavy (non-hydrogen) atoms. The molecule has 0 aromatic carbocycles. The maximum absolute atomic E-state index is 10.9. The van der Waals surface area contributed by atoms with E-state index < -0.39 is 52.8 Å². The van der Waals surface area contributed by atoms with Crippen LogP contribution in [0.4, 0.5) is 0 Å². The number of rotatable bonds is 8. The van der Waals surface area contributed by atoms with E-state index in [0.717, 1.165) is 6.26 Å². The van der Waals surface area contributed by atoms with Crippen molar-refractivity contribution in [3.05, 3.63) is 0 Å². The number of carbonyl (C=O) groups is 1. The van der Waals surface area contributed by atoms with Crippen LogP contribution < -0.4 is 80.9 Å². The van der Waals surface area contributed by atoms with E-state index in [9.17, 15) is 30.0 Å². The molecular weight excluding hydrogens is 538 g/mol. The topological polar surface area (TPSA) is 200 Å². The van der Waals surface area contributed by atoms with Crippen LogP contribution in [0.25, 0.3) is 0 Å². The first-order chi connectivity index (χ1) is 13.5. The fraction of sp³-hybridized carbons (Fsp3) is 0.941. The zero-order valence-electron chi connectivity index (χ0n) is 21.7. The number of aliphatic hydroxyl groups excluding tert-OH is 2. The van der Waals surface area contributed by atoms with E-state index in [0.29, 0.717) is 0 Å². The summed E-state index contributed by atoms with van der Waals surface area (Å²) in [5, 5.41) is 17.2. The van der Waals surface area contributed by atoms with E-state index in [1.165, 1.54) is 27.7 Å². The monoisotopic (exact) mass is 578 g/mol. The van der Waals surface area contributed by atoms with Gasteiger partial charge < -0.3 is 10.2 Å². The van der Waals surface area contributed by atoms with Crippen LogP contribution in [-0.4, -0.2) is 73.2 Å². The number of ketones is 1. The second-order valence-corrected chi connectivity index (χ2v) is 12.6. The van der Waals surface area contributed by atoms with Gasteiger partial charge in [0, 0.05) is 18.6 Å². The van der Waals surface area contributed by atoms with Gasteiger partial charge in [0.25, 0.3) is 20.2 Å². The van der Waals surface area contributed by atoms with Crippen LogP contribution in [0, 0.1) is 17.8 Å². The standard InChI is InChI=1S/C7H14O3S.2C4H10O4S.C2H6.K.Na/c1-6(2)7(8)4-5-11(3,9)10;2*1-3(2)4(5)9(6,7)8;1-2;;/h6H,4-5H2,1-3H3;2*3-5H,1-2H3,(H,6,7,8);1-2H3;;/q;;;;2*+1. The van der Waals surface area contributed by atoms with Crippen LogP contribution in [0.5, 0.6) is 0 Å². The van der Waals surface area contributed by atoms with Crippen LogP contribution in [0.15, 0.2) is 0 Å². The Morgan fingerprint density at radius 3 is 1.06 bits per heavy atom. The molecule has 2 unspecified atom stereocenters. The van der Waals surface area contributed by atoms with Crippen molar-refractivity contribution in [2.45, 2.75) is 72.7 Å². The van der Waals surface area contributed by atoms with E-state index in [1.807, 2.05) is 13.8 Å². The number of sulfone groups is 1. The molecule has 0 spiro atoms. The summed E-state index contributed by atoms with van der Waals surface area (Å²) in [7, 11) is -11.5. The molecule has 16 heteroatoms. The summed E-state index contributed by atoms with van der Waals surface area (Å²) in [6, 6.07) is 0. The van der Waals surface area contributed by atoms with Crippen LogP contribution in [-0.2, 0) is 34.9 Å². The molecule has 2 atom stereocenters. The van der Waals surface area contributed by atoms with Crippen molar-refractivity contribution in [3.8, 4) is 0 Å². The Bertz CT molecular complexity index is 752. The molecule has 0 fully saturated rings. The third kappa shape index (κ3) is 34.0. The molecule has 0 bridgehead atoms. The molecule has 0 saturated carbocycles. The fourth-order valence-corrected chi connectivity index (χ4v) is 3.21. The summed E-state index contributed by atoms with van der Waals surface area (Å²) >= 11 is 0. The van der Waals surface area contributed by atoms with E-state index in [1.54, 1.807) is 13.8 Å². The van der Waals surface area contributed by atoms with Crippen molar-refractivity contribution in [1.82, 2.24) is 0 Å². The van der Waals surface area contributed by atoms with E-state index in [4.69, 9.17) is 19.3 Å². The molecule has 0 aliphatic carbocycles. The Labute approximate surface area is 265 Å². The van der Waals surface area contributed by atoms with E-state index >= 15 is 0 Å². The summed E-state index contributed by atoms with van der Waals surface area (Å²) in [6.07, 6.45) is 1.29. The second kappa shape index (κ2) is 23.1. The predicted octanol–water partition coefficient (Wildman–Crippen LogP) is -4.62. The summed E-state index contributed by atoms with van der Waals surface area (Å²) in [6.45, 7) is 13.5. The van der Waals surface area contributed by atoms with Gasteiger partial charge in [0.1, 0.15) is 15.6 Å². The second-order valence-electron chi connectivity index (χ2n) is 7.30. The largest absolute Gasteiger partial charge is 1.00 e. The number of hydrogen-bond acceptors (Lipinski definition) is 9. The molecular formula is C17H40KNaO11S3+2. The Morgan fingerprint density at radius 2 is 0.970 bits per heavy atom. The quantitative estimate of drug-likeness (QED) is 0.159. The van der Waals surface area contributed by atoms with Crippen LogP contribution >= 0.6 is 0 Å². The molecule has 0 saturated heterocycles. The summed E-state index contributed by atoms with van der Waals surface area (Å²) < 4.78 is 77.9. The number of carbonyl (C=O) groups excluding carboxylic acids is 1. The van der Waals surface area contributed by atoms with Gasteiger partial charge in [-0.15, -0.1) is 0 Å². The molecule has 0 aliphatic rings. The molecule has 0 radical (unpaired) electrons. The third-order valence-corrected chi connectivity index (χ3v) is 6.37. The van der Waals surface area contributed by atoms with Crippen molar-refractivity contribution in [3.63, 3.8) is 0 Å². The van der Waals surface area contributed by atoms with Crippen LogP contribution in [0.1, 0.15) is 61.8 Å². The van der Waals surface area contributed by atoms with E-state index in [2.05, 4.69) is 0 Å². The van der Waals surface area contributed by atoms with Gasteiger partial charge in [-0.25, -0.2) is 8.42 Å². The number of hydrogen-bond donors (Lipinski definition) is 4. The van der Waals surface area contributed by atoms with Gasteiger partial charge in [0.05, 0.1) is 5.75 Å². The van der Waals surface area contributed by atoms with Crippen LogP contribution in [0.3, 0.4) is 0 Å². The van der Waals surface area contributed by atoms with Gasteiger partial charge in [-0.2, -0.15) is 16.8 Å². The summed E-state index contributed by atoms with van der Waals surface area (Å²) in [5.74, 6) is -1.02. The minimum Gasteiger partial charge on any atom is -0.375 e.